The Morgan fingerprint density at radius 3 is 1.84 bits per heavy atom. The van der Waals surface area contributed by atoms with E-state index in [1.807, 2.05) is 54.6 Å². The standard InChI is InChI=1S/C38H19N3O2/c1-40-24-14-16-35-29(18-24)31-20-36-30(19-37(31)43-35)28-17-22(13-15-34(28)42-36)25-10-6-7-23(21-39)38(25)41-32-11-4-2-8-26(32)27-9-3-5-12-33(27)41/h2-20H. The van der Waals surface area contributed by atoms with Gasteiger partial charge in [-0.3, -0.25) is 0 Å². The number of aromatic nitrogens is 1. The van der Waals surface area contributed by atoms with E-state index >= 15 is 0 Å². The Bertz CT molecular complexity index is 2650. The lowest BCUT2D eigenvalue weighted by molar-refractivity contribution is 0.664. The summed E-state index contributed by atoms with van der Waals surface area (Å²) in [7, 11) is 0. The first-order chi connectivity index (χ1) is 21.2. The normalized spacial score (nSPS) is 11.7. The highest BCUT2D eigenvalue weighted by Gasteiger charge is 2.20. The molecule has 9 aromatic rings. The zero-order valence-electron chi connectivity index (χ0n) is 22.6. The molecular weight excluding hydrogens is 530 g/mol. The van der Waals surface area contributed by atoms with Crippen molar-refractivity contribution < 1.29 is 8.83 Å². The van der Waals surface area contributed by atoms with Gasteiger partial charge in [0.25, 0.3) is 0 Å². The molecule has 3 heterocycles. The smallest absolute Gasteiger partial charge is 0.188 e. The fraction of sp³-hybridized carbons (Fsp3) is 0. The molecule has 0 spiro atoms. The number of hydrogen-bond acceptors (Lipinski definition) is 3. The SMILES string of the molecule is [C-]#[N+]c1ccc2oc3cc4c(cc3c2c1)oc1ccc(-c2cccc(C#N)c2-n2c3ccccc3c3ccccc32)cc14. The van der Waals surface area contributed by atoms with Gasteiger partial charge in [-0.05, 0) is 60.2 Å². The van der Waals surface area contributed by atoms with E-state index in [4.69, 9.17) is 15.4 Å². The van der Waals surface area contributed by atoms with Crippen LogP contribution in [0, 0.1) is 17.9 Å². The van der Waals surface area contributed by atoms with Gasteiger partial charge in [-0.1, -0.05) is 60.7 Å². The number of benzene rings is 6. The van der Waals surface area contributed by atoms with Crippen molar-refractivity contribution >= 4 is 71.4 Å². The van der Waals surface area contributed by atoms with E-state index in [1.165, 1.54) is 0 Å². The average Bonchev–Trinajstić information content (AvgIpc) is 3.71. The van der Waals surface area contributed by atoms with Crippen molar-refractivity contribution in [1.29, 1.82) is 5.26 Å². The number of nitriles is 1. The van der Waals surface area contributed by atoms with Crippen LogP contribution in [0.2, 0.25) is 0 Å². The summed E-state index contributed by atoms with van der Waals surface area (Å²) < 4.78 is 14.7. The Morgan fingerprint density at radius 2 is 1.19 bits per heavy atom. The molecule has 0 saturated heterocycles. The summed E-state index contributed by atoms with van der Waals surface area (Å²) in [4.78, 5) is 3.58. The second-order valence-corrected chi connectivity index (χ2v) is 10.7. The maximum atomic E-state index is 10.3. The van der Waals surface area contributed by atoms with E-state index in [0.717, 1.165) is 82.5 Å². The van der Waals surface area contributed by atoms with Gasteiger partial charge in [0.1, 0.15) is 28.4 Å². The first-order valence-corrected chi connectivity index (χ1v) is 13.9. The molecule has 5 heteroatoms. The molecule has 3 aromatic heterocycles. The topological polar surface area (TPSA) is 59.4 Å². The molecule has 0 aliphatic carbocycles. The second kappa shape index (κ2) is 8.60. The van der Waals surface area contributed by atoms with Crippen molar-refractivity contribution in [2.24, 2.45) is 0 Å². The molecule has 9 rings (SSSR count). The largest absolute Gasteiger partial charge is 0.456 e. The first kappa shape index (κ1) is 23.4. The number of hydrogen-bond donors (Lipinski definition) is 0. The first-order valence-electron chi connectivity index (χ1n) is 13.9. The molecule has 6 aromatic carbocycles. The lowest BCUT2D eigenvalue weighted by atomic mass is 9.98. The molecule has 0 N–H and O–H groups in total. The predicted octanol–water partition coefficient (Wildman–Crippen LogP) is 10.7. The quantitative estimate of drug-likeness (QED) is 0.202. The van der Waals surface area contributed by atoms with Gasteiger partial charge in [-0.2, -0.15) is 5.26 Å². The molecule has 0 saturated carbocycles. The van der Waals surface area contributed by atoms with Gasteiger partial charge in [0.15, 0.2) is 5.69 Å². The third-order valence-corrected chi connectivity index (χ3v) is 8.44. The van der Waals surface area contributed by atoms with Crippen LogP contribution >= 0.6 is 0 Å². The third kappa shape index (κ3) is 3.25. The van der Waals surface area contributed by atoms with Crippen LogP contribution in [0.3, 0.4) is 0 Å². The van der Waals surface area contributed by atoms with Crippen molar-refractivity contribution in [2.75, 3.05) is 0 Å². The summed E-state index contributed by atoms with van der Waals surface area (Å²) in [5.41, 5.74) is 9.08. The Labute approximate surface area is 244 Å². The molecule has 0 aliphatic rings. The highest BCUT2D eigenvalue weighted by molar-refractivity contribution is 6.16. The van der Waals surface area contributed by atoms with E-state index in [2.05, 4.69) is 70.1 Å². The lowest BCUT2D eigenvalue weighted by Gasteiger charge is -2.16. The predicted molar refractivity (Wildman–Crippen MR) is 172 cm³/mol. The number of nitrogens with zero attached hydrogens (tertiary/aromatic N) is 3. The van der Waals surface area contributed by atoms with E-state index in [-0.39, 0.29) is 0 Å². The van der Waals surface area contributed by atoms with Crippen LogP contribution in [-0.4, -0.2) is 4.57 Å². The van der Waals surface area contributed by atoms with Crippen LogP contribution in [0.5, 0.6) is 0 Å². The molecule has 0 fully saturated rings. The van der Waals surface area contributed by atoms with Crippen molar-refractivity contribution in [1.82, 2.24) is 4.57 Å². The summed E-state index contributed by atoms with van der Waals surface area (Å²) in [6.45, 7) is 7.40. The molecule has 0 radical (unpaired) electrons. The van der Waals surface area contributed by atoms with Gasteiger partial charge in [-0.15, -0.1) is 0 Å². The van der Waals surface area contributed by atoms with Crippen LogP contribution in [0.25, 0.3) is 87.3 Å². The van der Waals surface area contributed by atoms with E-state index in [1.54, 1.807) is 6.07 Å². The fourth-order valence-corrected chi connectivity index (χ4v) is 6.54. The maximum absolute atomic E-state index is 10.3. The van der Waals surface area contributed by atoms with Crippen molar-refractivity contribution in [3.05, 3.63) is 132 Å². The highest BCUT2D eigenvalue weighted by Crippen LogP contribution is 2.41. The minimum atomic E-state index is 0.572. The third-order valence-electron chi connectivity index (χ3n) is 8.44. The summed E-state index contributed by atoms with van der Waals surface area (Å²) >= 11 is 0. The van der Waals surface area contributed by atoms with Crippen LogP contribution in [-0.2, 0) is 0 Å². The van der Waals surface area contributed by atoms with Gasteiger partial charge in [-0.25, -0.2) is 4.85 Å². The van der Waals surface area contributed by atoms with Gasteiger partial charge in [0.2, 0.25) is 0 Å². The van der Waals surface area contributed by atoms with E-state index < -0.39 is 0 Å². The van der Waals surface area contributed by atoms with Gasteiger partial charge >= 0.3 is 0 Å². The average molecular weight is 550 g/mol. The van der Waals surface area contributed by atoms with E-state index in [9.17, 15) is 5.26 Å². The number of furan rings is 2. The highest BCUT2D eigenvalue weighted by atomic mass is 16.3. The molecule has 43 heavy (non-hydrogen) atoms. The van der Waals surface area contributed by atoms with Gasteiger partial charge in [0.05, 0.1) is 28.9 Å². The summed E-state index contributed by atoms with van der Waals surface area (Å²) in [5, 5.41) is 16.3. The second-order valence-electron chi connectivity index (χ2n) is 10.7. The molecule has 5 nitrogen and oxygen atoms in total. The Morgan fingerprint density at radius 1 is 0.581 bits per heavy atom. The minimum absolute atomic E-state index is 0.572. The summed E-state index contributed by atoms with van der Waals surface area (Å²) in [6, 6.07) is 40.7. The zero-order valence-corrected chi connectivity index (χ0v) is 22.6. The lowest BCUT2D eigenvalue weighted by Crippen LogP contribution is -2.00. The van der Waals surface area contributed by atoms with Crippen LogP contribution < -0.4 is 0 Å². The molecule has 0 unspecified atom stereocenters. The van der Waals surface area contributed by atoms with Crippen LogP contribution in [0.4, 0.5) is 5.69 Å². The fourth-order valence-electron chi connectivity index (χ4n) is 6.54. The maximum Gasteiger partial charge on any atom is 0.188 e. The van der Waals surface area contributed by atoms with Gasteiger partial charge < -0.3 is 13.4 Å². The van der Waals surface area contributed by atoms with Crippen molar-refractivity contribution in [2.45, 2.75) is 0 Å². The van der Waals surface area contributed by atoms with Gasteiger partial charge in [0, 0.05) is 37.9 Å². The monoisotopic (exact) mass is 549 g/mol. The van der Waals surface area contributed by atoms with Crippen molar-refractivity contribution in [3.63, 3.8) is 0 Å². The van der Waals surface area contributed by atoms with Crippen LogP contribution in [0.1, 0.15) is 5.56 Å². The Balaban J connectivity index is 1.32. The summed E-state index contributed by atoms with van der Waals surface area (Å²) in [5.74, 6) is 0. The molecule has 0 atom stereocenters. The molecule has 0 amide bonds. The van der Waals surface area contributed by atoms with E-state index in [0.29, 0.717) is 11.3 Å². The number of fused-ring (bicyclic) bond motifs is 9. The van der Waals surface area contributed by atoms with Crippen LogP contribution in [0.15, 0.2) is 124 Å². The molecular formula is C38H19N3O2. The van der Waals surface area contributed by atoms with Crippen molar-refractivity contribution in [3.8, 4) is 22.9 Å². The molecule has 0 aliphatic heterocycles. The molecule has 0 bridgehead atoms. The Hall–Kier alpha value is -6.30. The molecule has 198 valence electrons. The summed E-state index contributed by atoms with van der Waals surface area (Å²) in [6.07, 6.45) is 0. The number of rotatable bonds is 2. The number of para-hydroxylation sites is 3. The minimum Gasteiger partial charge on any atom is -0.456 e. The Kier molecular flexibility index (Phi) is 4.68. The zero-order chi connectivity index (χ0) is 28.7.